The summed E-state index contributed by atoms with van der Waals surface area (Å²) in [5.41, 5.74) is -0.477. The molecule has 0 spiro atoms. The molecule has 0 aliphatic carbocycles. The third-order valence-corrected chi connectivity index (χ3v) is 3.11. The number of rotatable bonds is 3. The molecular formula is C14H23NO3. The van der Waals surface area contributed by atoms with Crippen molar-refractivity contribution in [3.05, 3.63) is 12.7 Å². The Morgan fingerprint density at radius 3 is 2.50 bits per heavy atom. The van der Waals surface area contributed by atoms with E-state index in [0.29, 0.717) is 25.4 Å². The van der Waals surface area contributed by atoms with Gasteiger partial charge in [0.2, 0.25) is 0 Å². The summed E-state index contributed by atoms with van der Waals surface area (Å²) in [7, 11) is 0. The Morgan fingerprint density at radius 2 is 2.00 bits per heavy atom. The fraction of sp³-hybridized carbons (Fsp3) is 0.714. The van der Waals surface area contributed by atoms with Crippen LogP contribution in [0.1, 0.15) is 34.1 Å². The summed E-state index contributed by atoms with van der Waals surface area (Å²) in [5.74, 6) is 0.572. The average molecular weight is 253 g/mol. The Kier molecular flexibility index (Phi) is 4.54. The highest BCUT2D eigenvalue weighted by molar-refractivity contribution is 5.89. The molecule has 0 saturated carbocycles. The summed E-state index contributed by atoms with van der Waals surface area (Å²) in [6.45, 7) is 12.3. The van der Waals surface area contributed by atoms with Gasteiger partial charge in [-0.1, -0.05) is 13.5 Å². The summed E-state index contributed by atoms with van der Waals surface area (Å²) in [5, 5.41) is 0. The van der Waals surface area contributed by atoms with Gasteiger partial charge < -0.3 is 9.64 Å². The predicted octanol–water partition coefficient (Wildman–Crippen LogP) is 2.63. The SMILES string of the molecule is C=CC(=O)CC1CN(C(=O)OC(C)(C)C)CC1C. The lowest BCUT2D eigenvalue weighted by atomic mass is 9.93. The molecule has 4 heteroatoms. The van der Waals surface area contributed by atoms with Gasteiger partial charge in [0.15, 0.2) is 5.78 Å². The van der Waals surface area contributed by atoms with Crippen molar-refractivity contribution in [2.45, 2.75) is 39.7 Å². The highest BCUT2D eigenvalue weighted by atomic mass is 16.6. The van der Waals surface area contributed by atoms with Crippen LogP contribution in [-0.4, -0.2) is 35.5 Å². The predicted molar refractivity (Wildman–Crippen MR) is 70.3 cm³/mol. The highest BCUT2D eigenvalue weighted by Crippen LogP contribution is 2.27. The van der Waals surface area contributed by atoms with Gasteiger partial charge in [-0.3, -0.25) is 4.79 Å². The molecule has 0 bridgehead atoms. The second-order valence-corrected chi connectivity index (χ2v) is 6.00. The van der Waals surface area contributed by atoms with Crippen LogP contribution >= 0.6 is 0 Å². The molecule has 1 saturated heterocycles. The van der Waals surface area contributed by atoms with Gasteiger partial charge >= 0.3 is 6.09 Å². The van der Waals surface area contributed by atoms with E-state index in [1.54, 1.807) is 4.90 Å². The number of ether oxygens (including phenoxy) is 1. The standard InChI is InChI=1S/C14H23NO3/c1-6-12(16)7-11-9-15(8-10(11)2)13(17)18-14(3,4)5/h6,10-11H,1,7-9H2,2-5H3. The minimum Gasteiger partial charge on any atom is -0.444 e. The molecule has 1 rings (SSSR count). The average Bonchev–Trinajstić information content (AvgIpc) is 2.58. The van der Waals surface area contributed by atoms with Crippen LogP contribution in [0.25, 0.3) is 0 Å². The minimum absolute atomic E-state index is 0.0397. The van der Waals surface area contributed by atoms with Crippen LogP contribution < -0.4 is 0 Å². The van der Waals surface area contributed by atoms with E-state index in [9.17, 15) is 9.59 Å². The van der Waals surface area contributed by atoms with Gasteiger partial charge in [-0.2, -0.15) is 0 Å². The van der Waals surface area contributed by atoms with E-state index in [4.69, 9.17) is 4.74 Å². The lowest BCUT2D eigenvalue weighted by Crippen LogP contribution is -2.35. The van der Waals surface area contributed by atoms with Crippen molar-refractivity contribution >= 4 is 11.9 Å². The summed E-state index contributed by atoms with van der Waals surface area (Å²) < 4.78 is 5.33. The molecule has 0 radical (unpaired) electrons. The van der Waals surface area contributed by atoms with Crippen molar-refractivity contribution in [1.82, 2.24) is 4.90 Å². The maximum Gasteiger partial charge on any atom is 0.410 e. The minimum atomic E-state index is -0.477. The Morgan fingerprint density at radius 1 is 1.39 bits per heavy atom. The molecule has 4 nitrogen and oxygen atoms in total. The van der Waals surface area contributed by atoms with Crippen molar-refractivity contribution in [2.24, 2.45) is 11.8 Å². The monoisotopic (exact) mass is 253 g/mol. The van der Waals surface area contributed by atoms with Crippen molar-refractivity contribution in [3.8, 4) is 0 Å². The molecule has 102 valence electrons. The number of amides is 1. The van der Waals surface area contributed by atoms with Crippen LogP contribution in [-0.2, 0) is 9.53 Å². The molecule has 1 heterocycles. The van der Waals surface area contributed by atoms with E-state index < -0.39 is 5.60 Å². The first kappa shape index (κ1) is 14.7. The van der Waals surface area contributed by atoms with E-state index in [1.807, 2.05) is 20.8 Å². The number of allylic oxidation sites excluding steroid dienone is 1. The Labute approximate surface area is 109 Å². The van der Waals surface area contributed by atoms with Crippen LogP contribution in [0.4, 0.5) is 4.79 Å². The fourth-order valence-electron chi connectivity index (χ4n) is 2.12. The maximum absolute atomic E-state index is 11.9. The summed E-state index contributed by atoms with van der Waals surface area (Å²) in [6, 6.07) is 0. The Balaban J connectivity index is 2.55. The molecule has 1 fully saturated rings. The van der Waals surface area contributed by atoms with Crippen LogP contribution in [0, 0.1) is 11.8 Å². The van der Waals surface area contributed by atoms with E-state index in [1.165, 1.54) is 6.08 Å². The van der Waals surface area contributed by atoms with E-state index >= 15 is 0 Å². The second kappa shape index (κ2) is 5.55. The molecule has 0 aromatic heterocycles. The lowest BCUT2D eigenvalue weighted by molar-refractivity contribution is -0.115. The van der Waals surface area contributed by atoms with Gasteiger partial charge in [0, 0.05) is 19.5 Å². The van der Waals surface area contributed by atoms with Crippen molar-refractivity contribution in [1.29, 1.82) is 0 Å². The Hall–Kier alpha value is -1.32. The largest absolute Gasteiger partial charge is 0.444 e. The van der Waals surface area contributed by atoms with Gasteiger partial charge in [-0.05, 0) is 38.7 Å². The molecule has 1 aliphatic heterocycles. The van der Waals surface area contributed by atoms with Gasteiger partial charge in [-0.15, -0.1) is 0 Å². The smallest absolute Gasteiger partial charge is 0.410 e. The first-order valence-electron chi connectivity index (χ1n) is 6.36. The molecule has 2 unspecified atom stereocenters. The Bertz CT molecular complexity index is 343. The first-order chi connectivity index (χ1) is 8.23. The second-order valence-electron chi connectivity index (χ2n) is 6.00. The molecule has 1 aliphatic rings. The van der Waals surface area contributed by atoms with Gasteiger partial charge in [0.1, 0.15) is 5.60 Å². The number of nitrogens with zero attached hydrogens (tertiary/aromatic N) is 1. The van der Waals surface area contributed by atoms with Crippen molar-refractivity contribution in [3.63, 3.8) is 0 Å². The van der Waals surface area contributed by atoms with Gasteiger partial charge in [0.25, 0.3) is 0 Å². The third-order valence-electron chi connectivity index (χ3n) is 3.11. The normalized spacial score (nSPS) is 23.9. The molecule has 0 aromatic rings. The van der Waals surface area contributed by atoms with Crippen molar-refractivity contribution in [2.75, 3.05) is 13.1 Å². The number of carbonyl (C=O) groups is 2. The highest BCUT2D eigenvalue weighted by Gasteiger charge is 2.35. The molecule has 2 atom stereocenters. The number of likely N-dealkylation sites (tertiary alicyclic amines) is 1. The molecule has 1 amide bonds. The zero-order valence-electron chi connectivity index (χ0n) is 11.7. The topological polar surface area (TPSA) is 46.6 Å². The number of ketones is 1. The zero-order chi connectivity index (χ0) is 13.9. The van der Waals surface area contributed by atoms with Crippen LogP contribution in [0.5, 0.6) is 0 Å². The number of hydrogen-bond donors (Lipinski definition) is 0. The van der Waals surface area contributed by atoms with Gasteiger partial charge in [-0.25, -0.2) is 4.79 Å². The summed E-state index contributed by atoms with van der Waals surface area (Å²) >= 11 is 0. The third kappa shape index (κ3) is 4.17. The zero-order valence-corrected chi connectivity index (χ0v) is 11.7. The first-order valence-corrected chi connectivity index (χ1v) is 6.36. The molecule has 18 heavy (non-hydrogen) atoms. The lowest BCUT2D eigenvalue weighted by Gasteiger charge is -2.24. The number of carbonyl (C=O) groups excluding carboxylic acids is 2. The van der Waals surface area contributed by atoms with E-state index in [-0.39, 0.29) is 17.8 Å². The van der Waals surface area contributed by atoms with Crippen molar-refractivity contribution < 1.29 is 14.3 Å². The van der Waals surface area contributed by atoms with Crippen LogP contribution in [0.15, 0.2) is 12.7 Å². The van der Waals surface area contributed by atoms with Crippen LogP contribution in [0.2, 0.25) is 0 Å². The fourth-order valence-corrected chi connectivity index (χ4v) is 2.12. The van der Waals surface area contributed by atoms with E-state index in [0.717, 1.165) is 0 Å². The van der Waals surface area contributed by atoms with Crippen LogP contribution in [0.3, 0.4) is 0 Å². The maximum atomic E-state index is 11.9. The quantitative estimate of drug-likeness (QED) is 0.726. The molecule has 0 N–H and O–H groups in total. The van der Waals surface area contributed by atoms with E-state index in [2.05, 4.69) is 13.5 Å². The molecule has 0 aromatic carbocycles. The summed E-state index contributed by atoms with van der Waals surface area (Å²) in [4.78, 5) is 25.0. The molecular weight excluding hydrogens is 230 g/mol. The van der Waals surface area contributed by atoms with Gasteiger partial charge in [0.05, 0.1) is 0 Å². The summed E-state index contributed by atoms with van der Waals surface area (Å²) in [6.07, 6.45) is 1.52. The number of hydrogen-bond acceptors (Lipinski definition) is 3.